The molecule has 2 aromatic carbocycles. The molecule has 152 valence electrons. The van der Waals surface area contributed by atoms with Gasteiger partial charge in [-0.15, -0.1) is 0 Å². The molecule has 0 bridgehead atoms. The van der Waals surface area contributed by atoms with Gasteiger partial charge in [0.25, 0.3) is 0 Å². The van der Waals surface area contributed by atoms with Crippen molar-refractivity contribution in [3.05, 3.63) is 59.7 Å². The van der Waals surface area contributed by atoms with Crippen molar-refractivity contribution in [2.45, 2.75) is 49.6 Å². The lowest BCUT2D eigenvalue weighted by Crippen LogP contribution is -2.59. The van der Waals surface area contributed by atoms with Gasteiger partial charge in [-0.25, -0.2) is 16.8 Å². The van der Waals surface area contributed by atoms with Crippen LogP contribution in [0.4, 0.5) is 0 Å². The first-order valence-corrected chi connectivity index (χ1v) is 12.1. The molecule has 3 rings (SSSR count). The molecule has 0 spiro atoms. The molecule has 1 aliphatic rings. The van der Waals surface area contributed by atoms with Crippen LogP contribution in [0, 0.1) is 13.8 Å². The summed E-state index contributed by atoms with van der Waals surface area (Å²) in [5.74, 6) is 0. The number of hydrogen-bond acceptors (Lipinski definition) is 4. The molecule has 1 aliphatic heterocycles. The minimum absolute atomic E-state index is 0.114. The number of rotatable bonds is 4. The quantitative estimate of drug-likeness (QED) is 0.759. The first-order valence-electron chi connectivity index (χ1n) is 9.20. The zero-order valence-corrected chi connectivity index (χ0v) is 18.2. The van der Waals surface area contributed by atoms with Gasteiger partial charge in [0.2, 0.25) is 20.0 Å². The van der Waals surface area contributed by atoms with Gasteiger partial charge in [0.15, 0.2) is 0 Å². The molecule has 2 aromatic rings. The van der Waals surface area contributed by atoms with E-state index in [4.69, 9.17) is 0 Å². The fraction of sp³-hybridized carbons (Fsp3) is 0.400. The summed E-state index contributed by atoms with van der Waals surface area (Å²) in [6.07, 6.45) is 0. The molecule has 0 radical (unpaired) electrons. The Morgan fingerprint density at radius 2 is 0.929 bits per heavy atom. The third-order valence-electron chi connectivity index (χ3n) is 5.13. The van der Waals surface area contributed by atoms with Gasteiger partial charge in [0.1, 0.15) is 0 Å². The van der Waals surface area contributed by atoms with Gasteiger partial charge in [0, 0.05) is 25.2 Å². The highest BCUT2D eigenvalue weighted by atomic mass is 32.2. The van der Waals surface area contributed by atoms with E-state index in [2.05, 4.69) is 0 Å². The van der Waals surface area contributed by atoms with Gasteiger partial charge in [-0.05, 0) is 52.0 Å². The van der Waals surface area contributed by atoms with Crippen LogP contribution in [0.5, 0.6) is 0 Å². The third kappa shape index (κ3) is 3.87. The van der Waals surface area contributed by atoms with Crippen molar-refractivity contribution in [2.24, 2.45) is 0 Å². The Morgan fingerprint density at radius 1 is 0.643 bits per heavy atom. The number of sulfonamides is 2. The topological polar surface area (TPSA) is 74.8 Å². The average Bonchev–Trinajstić information content (AvgIpc) is 2.63. The van der Waals surface area contributed by atoms with Crippen LogP contribution in [0.1, 0.15) is 25.0 Å². The van der Waals surface area contributed by atoms with Gasteiger partial charge in [0.05, 0.1) is 9.79 Å². The molecule has 0 aromatic heterocycles. The summed E-state index contributed by atoms with van der Waals surface area (Å²) in [4.78, 5) is 0.457. The van der Waals surface area contributed by atoms with Crippen LogP contribution in [0.2, 0.25) is 0 Å². The fourth-order valence-corrected chi connectivity index (χ4v) is 6.83. The van der Waals surface area contributed by atoms with Crippen LogP contribution >= 0.6 is 0 Å². The fourth-order valence-electron chi connectivity index (χ4n) is 3.42. The van der Waals surface area contributed by atoms with E-state index in [0.717, 1.165) is 11.1 Å². The van der Waals surface area contributed by atoms with Gasteiger partial charge < -0.3 is 0 Å². The summed E-state index contributed by atoms with van der Waals surface area (Å²) in [5.41, 5.74) is 1.96. The van der Waals surface area contributed by atoms with E-state index in [1.54, 1.807) is 62.4 Å². The van der Waals surface area contributed by atoms with Crippen molar-refractivity contribution in [2.75, 3.05) is 13.1 Å². The molecule has 0 unspecified atom stereocenters. The highest BCUT2D eigenvalue weighted by Crippen LogP contribution is 2.28. The second-order valence-electron chi connectivity index (χ2n) is 7.47. The molecule has 28 heavy (non-hydrogen) atoms. The average molecular weight is 423 g/mol. The van der Waals surface area contributed by atoms with E-state index < -0.39 is 32.1 Å². The largest absolute Gasteiger partial charge is 0.243 e. The first-order chi connectivity index (χ1) is 13.0. The van der Waals surface area contributed by atoms with Crippen LogP contribution < -0.4 is 0 Å². The summed E-state index contributed by atoms with van der Waals surface area (Å²) in [7, 11) is -7.38. The second-order valence-corrected chi connectivity index (χ2v) is 11.3. The Hall–Kier alpha value is -1.74. The lowest BCUT2D eigenvalue weighted by atomic mass is 10.2. The Balaban J connectivity index is 1.88. The molecule has 0 amide bonds. The molecule has 2 atom stereocenters. The van der Waals surface area contributed by atoms with Crippen molar-refractivity contribution in [3.63, 3.8) is 0 Å². The van der Waals surface area contributed by atoms with Crippen LogP contribution in [-0.2, 0) is 20.0 Å². The van der Waals surface area contributed by atoms with Crippen LogP contribution in [-0.4, -0.2) is 50.6 Å². The molecular formula is C20H26N2O4S2. The van der Waals surface area contributed by atoms with Crippen LogP contribution in [0.3, 0.4) is 0 Å². The zero-order valence-electron chi connectivity index (χ0n) is 16.5. The number of piperazine rings is 1. The molecule has 1 fully saturated rings. The molecule has 8 heteroatoms. The first kappa shape index (κ1) is 21.0. The maximum atomic E-state index is 13.1. The van der Waals surface area contributed by atoms with Crippen molar-refractivity contribution >= 4 is 20.0 Å². The summed E-state index contributed by atoms with van der Waals surface area (Å²) in [6, 6.07) is 12.5. The van der Waals surface area contributed by atoms with Gasteiger partial charge in [-0.3, -0.25) is 0 Å². The van der Waals surface area contributed by atoms with E-state index in [0.29, 0.717) is 0 Å². The van der Waals surface area contributed by atoms with E-state index in [1.807, 2.05) is 13.8 Å². The Kier molecular flexibility index (Phi) is 5.69. The van der Waals surface area contributed by atoms with Gasteiger partial charge in [-0.2, -0.15) is 8.61 Å². The lowest BCUT2D eigenvalue weighted by molar-refractivity contribution is 0.163. The minimum atomic E-state index is -3.69. The van der Waals surface area contributed by atoms with E-state index in [-0.39, 0.29) is 22.9 Å². The van der Waals surface area contributed by atoms with Crippen LogP contribution in [0.15, 0.2) is 58.3 Å². The number of benzene rings is 2. The summed E-state index contributed by atoms with van der Waals surface area (Å²) >= 11 is 0. The van der Waals surface area contributed by atoms with Crippen molar-refractivity contribution in [1.82, 2.24) is 8.61 Å². The van der Waals surface area contributed by atoms with E-state index in [9.17, 15) is 16.8 Å². The SMILES string of the molecule is Cc1ccc(S(=O)(=O)N2C[C@H](C)N(S(=O)(=O)c3ccc(C)cc3)C[C@H]2C)cc1. The van der Waals surface area contributed by atoms with E-state index >= 15 is 0 Å². The highest BCUT2D eigenvalue weighted by Gasteiger charge is 2.41. The Labute approximate surface area is 167 Å². The lowest BCUT2D eigenvalue weighted by Gasteiger charge is -2.42. The molecule has 0 aliphatic carbocycles. The predicted octanol–water partition coefficient (Wildman–Crippen LogP) is 2.78. The Bertz CT molecular complexity index is 959. The van der Waals surface area contributed by atoms with Crippen molar-refractivity contribution < 1.29 is 16.8 Å². The normalized spacial score (nSPS) is 22.3. The molecule has 0 saturated carbocycles. The number of hydrogen-bond donors (Lipinski definition) is 0. The van der Waals surface area contributed by atoms with Crippen LogP contribution in [0.25, 0.3) is 0 Å². The van der Waals surface area contributed by atoms with Crippen molar-refractivity contribution in [1.29, 1.82) is 0 Å². The van der Waals surface area contributed by atoms with E-state index in [1.165, 1.54) is 8.61 Å². The summed E-state index contributed by atoms with van der Waals surface area (Å²) in [6.45, 7) is 7.51. The maximum Gasteiger partial charge on any atom is 0.243 e. The third-order valence-corrected chi connectivity index (χ3v) is 9.12. The predicted molar refractivity (Wildman–Crippen MR) is 109 cm³/mol. The van der Waals surface area contributed by atoms with Gasteiger partial charge in [-0.1, -0.05) is 35.4 Å². The monoisotopic (exact) mass is 422 g/mol. The van der Waals surface area contributed by atoms with Gasteiger partial charge >= 0.3 is 0 Å². The molecule has 0 N–H and O–H groups in total. The summed E-state index contributed by atoms with van der Waals surface area (Å²) in [5, 5.41) is 0. The maximum absolute atomic E-state index is 13.1. The second kappa shape index (κ2) is 7.59. The molecule has 1 saturated heterocycles. The standard InChI is InChI=1S/C20H26N2O4S2/c1-15-5-9-19(10-6-15)27(23,24)21-13-18(4)22(14-17(21)3)28(25,26)20-11-7-16(2)8-12-20/h5-12,17-18H,13-14H2,1-4H3/t17-,18+. The molecule has 6 nitrogen and oxygen atoms in total. The highest BCUT2D eigenvalue weighted by molar-refractivity contribution is 7.89. The minimum Gasteiger partial charge on any atom is -0.207 e. The summed E-state index contributed by atoms with van der Waals surface area (Å²) < 4.78 is 55.1. The molecule has 1 heterocycles. The number of nitrogens with zero attached hydrogens (tertiary/aromatic N) is 2. The smallest absolute Gasteiger partial charge is 0.207 e. The zero-order chi connectivity index (χ0) is 20.7. The number of aryl methyl sites for hydroxylation is 2. The molecular weight excluding hydrogens is 396 g/mol. The Morgan fingerprint density at radius 3 is 1.21 bits per heavy atom. The van der Waals surface area contributed by atoms with Crippen molar-refractivity contribution in [3.8, 4) is 0 Å².